The SMILES string of the molecule is N#C[C@@H](C(=O)NC1CC1)C(=O)c1nn(-c2ccccc2F)c2c1CCC2. The molecule has 26 heavy (non-hydrogen) atoms. The van der Waals surface area contributed by atoms with Gasteiger partial charge in [-0.1, -0.05) is 12.1 Å². The molecule has 6 nitrogen and oxygen atoms in total. The Hall–Kier alpha value is -3.01. The summed E-state index contributed by atoms with van der Waals surface area (Å²) < 4.78 is 15.6. The van der Waals surface area contributed by atoms with E-state index in [0.717, 1.165) is 30.5 Å². The van der Waals surface area contributed by atoms with Crippen LogP contribution in [0, 0.1) is 23.1 Å². The number of Topliss-reactive ketones (excluding diaryl/α,β-unsaturated/α-hetero) is 1. The molecule has 0 spiro atoms. The van der Waals surface area contributed by atoms with Gasteiger partial charge >= 0.3 is 0 Å². The Labute approximate surface area is 149 Å². The maximum atomic E-state index is 14.2. The topological polar surface area (TPSA) is 87.8 Å². The summed E-state index contributed by atoms with van der Waals surface area (Å²) in [7, 11) is 0. The highest BCUT2D eigenvalue weighted by molar-refractivity contribution is 6.12. The molecule has 1 atom stereocenters. The Morgan fingerprint density at radius 1 is 1.31 bits per heavy atom. The van der Waals surface area contributed by atoms with Crippen LogP contribution >= 0.6 is 0 Å². The Kier molecular flexibility index (Phi) is 4.03. The van der Waals surface area contributed by atoms with Crippen LogP contribution in [0.4, 0.5) is 4.39 Å². The minimum Gasteiger partial charge on any atom is -0.352 e. The molecule has 1 aromatic carbocycles. The summed E-state index contributed by atoms with van der Waals surface area (Å²) in [6, 6.07) is 8.08. The van der Waals surface area contributed by atoms with Crippen molar-refractivity contribution in [3.63, 3.8) is 0 Å². The third kappa shape index (κ3) is 2.77. The van der Waals surface area contributed by atoms with Crippen molar-refractivity contribution in [2.24, 2.45) is 5.92 Å². The van der Waals surface area contributed by atoms with Crippen LogP contribution in [-0.4, -0.2) is 27.5 Å². The van der Waals surface area contributed by atoms with Gasteiger partial charge in [-0.15, -0.1) is 0 Å². The average Bonchev–Trinajstić information content (AvgIpc) is 3.18. The van der Waals surface area contributed by atoms with Crippen molar-refractivity contribution in [1.29, 1.82) is 5.26 Å². The summed E-state index contributed by atoms with van der Waals surface area (Å²) in [5, 5.41) is 16.4. The lowest BCUT2D eigenvalue weighted by atomic mass is 9.99. The molecule has 7 heteroatoms. The molecular weight excluding hydrogens is 335 g/mol. The molecule has 0 unspecified atom stereocenters. The first-order valence-corrected chi connectivity index (χ1v) is 8.70. The van der Waals surface area contributed by atoms with Gasteiger partial charge in [0.15, 0.2) is 5.92 Å². The van der Waals surface area contributed by atoms with E-state index in [9.17, 15) is 19.2 Å². The Morgan fingerprint density at radius 3 is 2.77 bits per heavy atom. The molecule has 0 bridgehead atoms. The van der Waals surface area contributed by atoms with E-state index in [-0.39, 0.29) is 17.4 Å². The zero-order valence-electron chi connectivity index (χ0n) is 14.0. The van der Waals surface area contributed by atoms with Gasteiger partial charge in [-0.3, -0.25) is 9.59 Å². The van der Waals surface area contributed by atoms with Gasteiger partial charge in [0.2, 0.25) is 11.7 Å². The molecule has 4 rings (SSSR count). The summed E-state index contributed by atoms with van der Waals surface area (Å²) in [6.07, 6.45) is 3.88. The highest BCUT2D eigenvalue weighted by Gasteiger charge is 2.36. The number of rotatable bonds is 5. The number of para-hydroxylation sites is 1. The number of hydrogen-bond acceptors (Lipinski definition) is 4. The second-order valence-electron chi connectivity index (χ2n) is 6.70. The number of halogens is 1. The minimum absolute atomic E-state index is 0.0628. The summed E-state index contributed by atoms with van der Waals surface area (Å²) in [4.78, 5) is 25.1. The first-order valence-electron chi connectivity index (χ1n) is 8.70. The highest BCUT2D eigenvalue weighted by Crippen LogP contribution is 2.30. The maximum absolute atomic E-state index is 14.2. The van der Waals surface area contributed by atoms with Crippen LogP contribution in [-0.2, 0) is 17.6 Å². The average molecular weight is 352 g/mol. The number of benzene rings is 1. The molecule has 1 fully saturated rings. The molecule has 0 saturated heterocycles. The molecule has 2 aliphatic rings. The van der Waals surface area contributed by atoms with Crippen LogP contribution in [0.25, 0.3) is 5.69 Å². The van der Waals surface area contributed by atoms with E-state index in [1.807, 2.05) is 0 Å². The van der Waals surface area contributed by atoms with Gasteiger partial charge in [0.05, 0.1) is 6.07 Å². The van der Waals surface area contributed by atoms with Crippen LogP contribution < -0.4 is 5.32 Å². The number of aromatic nitrogens is 2. The summed E-state index contributed by atoms with van der Waals surface area (Å²) in [6.45, 7) is 0. The van der Waals surface area contributed by atoms with E-state index in [2.05, 4.69) is 10.4 Å². The summed E-state index contributed by atoms with van der Waals surface area (Å²) in [5.41, 5.74) is 1.87. The minimum atomic E-state index is -1.43. The standard InChI is InChI=1S/C19H17FN4O2/c20-14-5-1-2-6-16(14)24-15-7-3-4-12(15)17(23-24)18(25)13(10-21)19(26)22-11-8-9-11/h1-2,5-6,11,13H,3-4,7-9H2,(H,22,26)/t13-/m1/s1. The van der Waals surface area contributed by atoms with Crippen molar-refractivity contribution in [2.45, 2.75) is 38.1 Å². The molecule has 132 valence electrons. The second-order valence-corrected chi connectivity index (χ2v) is 6.70. The third-order valence-electron chi connectivity index (χ3n) is 4.82. The van der Waals surface area contributed by atoms with Crippen LogP contribution in [0.1, 0.15) is 41.0 Å². The first-order chi connectivity index (χ1) is 12.6. The normalized spacial score (nSPS) is 16.6. The Bertz CT molecular complexity index is 940. The number of nitrogens with zero attached hydrogens (tertiary/aromatic N) is 3. The van der Waals surface area contributed by atoms with E-state index in [1.165, 1.54) is 10.7 Å². The molecule has 0 aliphatic heterocycles. The molecule has 2 aromatic rings. The number of fused-ring (bicyclic) bond motifs is 1. The van der Waals surface area contributed by atoms with E-state index >= 15 is 0 Å². The number of nitrogens with one attached hydrogen (secondary N) is 1. The smallest absolute Gasteiger partial charge is 0.245 e. The lowest BCUT2D eigenvalue weighted by molar-refractivity contribution is -0.122. The molecule has 1 amide bonds. The fourth-order valence-corrected chi connectivity index (χ4v) is 3.34. The zero-order chi connectivity index (χ0) is 18.3. The van der Waals surface area contributed by atoms with Crippen molar-refractivity contribution in [3.05, 3.63) is 47.0 Å². The number of amides is 1. The number of ketones is 1. The van der Waals surface area contributed by atoms with Crippen molar-refractivity contribution in [1.82, 2.24) is 15.1 Å². The van der Waals surface area contributed by atoms with Crippen LogP contribution in [0.5, 0.6) is 0 Å². The largest absolute Gasteiger partial charge is 0.352 e. The van der Waals surface area contributed by atoms with Crippen LogP contribution in [0.3, 0.4) is 0 Å². The van der Waals surface area contributed by atoms with Crippen LogP contribution in [0.2, 0.25) is 0 Å². The van der Waals surface area contributed by atoms with Crippen molar-refractivity contribution in [2.75, 3.05) is 0 Å². The van der Waals surface area contributed by atoms with E-state index in [1.54, 1.807) is 24.3 Å². The van der Waals surface area contributed by atoms with Gasteiger partial charge in [0, 0.05) is 17.3 Å². The lowest BCUT2D eigenvalue weighted by Crippen LogP contribution is -2.36. The first kappa shape index (κ1) is 16.5. The maximum Gasteiger partial charge on any atom is 0.245 e. The van der Waals surface area contributed by atoms with E-state index in [0.29, 0.717) is 12.8 Å². The van der Waals surface area contributed by atoms with Gasteiger partial charge in [0.25, 0.3) is 0 Å². The molecule has 1 heterocycles. The second kappa shape index (κ2) is 6.37. The molecule has 0 radical (unpaired) electrons. The van der Waals surface area contributed by atoms with Crippen molar-refractivity contribution >= 4 is 11.7 Å². The predicted octanol–water partition coefficient (Wildman–Crippen LogP) is 2.10. The fraction of sp³-hybridized carbons (Fsp3) is 0.368. The lowest BCUT2D eigenvalue weighted by Gasteiger charge is -2.08. The predicted molar refractivity (Wildman–Crippen MR) is 90.1 cm³/mol. The van der Waals surface area contributed by atoms with Gasteiger partial charge in [0.1, 0.15) is 17.2 Å². The van der Waals surface area contributed by atoms with Crippen molar-refractivity contribution in [3.8, 4) is 11.8 Å². The number of carbonyl (C=O) groups excluding carboxylic acids is 2. The zero-order valence-corrected chi connectivity index (χ0v) is 14.0. The van der Waals surface area contributed by atoms with Crippen LogP contribution in [0.15, 0.2) is 24.3 Å². The van der Waals surface area contributed by atoms with Gasteiger partial charge < -0.3 is 5.32 Å². The van der Waals surface area contributed by atoms with E-state index in [4.69, 9.17) is 0 Å². The molecule has 1 saturated carbocycles. The highest BCUT2D eigenvalue weighted by atomic mass is 19.1. The van der Waals surface area contributed by atoms with E-state index < -0.39 is 23.4 Å². The quantitative estimate of drug-likeness (QED) is 0.659. The summed E-state index contributed by atoms with van der Waals surface area (Å²) in [5.74, 6) is -3.05. The number of hydrogen-bond donors (Lipinski definition) is 1. The summed E-state index contributed by atoms with van der Waals surface area (Å²) >= 11 is 0. The Morgan fingerprint density at radius 2 is 2.08 bits per heavy atom. The molecule has 1 N–H and O–H groups in total. The Balaban J connectivity index is 1.72. The third-order valence-corrected chi connectivity index (χ3v) is 4.82. The number of carbonyl (C=O) groups is 2. The van der Waals surface area contributed by atoms with Gasteiger partial charge in [-0.25, -0.2) is 9.07 Å². The monoisotopic (exact) mass is 352 g/mol. The molecule has 1 aromatic heterocycles. The fourth-order valence-electron chi connectivity index (χ4n) is 3.34. The molecule has 2 aliphatic carbocycles. The van der Waals surface area contributed by atoms with Gasteiger partial charge in [-0.2, -0.15) is 10.4 Å². The van der Waals surface area contributed by atoms with Gasteiger partial charge in [-0.05, 0) is 44.2 Å². The number of nitriles is 1. The molecular formula is C19H17FN4O2. The van der Waals surface area contributed by atoms with Crippen molar-refractivity contribution < 1.29 is 14.0 Å².